The fourth-order valence-electron chi connectivity index (χ4n) is 3.89. The van der Waals surface area contributed by atoms with Crippen molar-refractivity contribution in [3.05, 3.63) is 42.2 Å². The Labute approximate surface area is 179 Å². The lowest BCUT2D eigenvalue weighted by Gasteiger charge is -2.24. The summed E-state index contributed by atoms with van der Waals surface area (Å²) in [5.41, 5.74) is 10.3. The maximum absolute atomic E-state index is 15.0. The Bertz CT molecular complexity index is 1270. The number of carbonyl (C=O) groups excluding carboxylic acids is 1. The average molecular weight is 423 g/mol. The molecule has 0 bridgehead atoms. The number of amides is 1. The number of nitrogens with zero attached hydrogens (tertiary/aromatic N) is 5. The number of fused-ring (bicyclic) bond motifs is 2. The van der Waals surface area contributed by atoms with Gasteiger partial charge in [-0.15, -0.1) is 0 Å². The Hall–Kier alpha value is -3.46. The van der Waals surface area contributed by atoms with Crippen molar-refractivity contribution in [3.63, 3.8) is 0 Å². The van der Waals surface area contributed by atoms with Crippen molar-refractivity contribution in [2.24, 2.45) is 5.73 Å². The summed E-state index contributed by atoms with van der Waals surface area (Å²) in [7, 11) is 5.88. The quantitative estimate of drug-likeness (QED) is 0.477. The second-order valence-electron chi connectivity index (χ2n) is 7.89. The SMILES string of the molecule is CCn1cnc2cc(-c3cc(N(C)CCN(C)C)c(C(N)=O)c4[nH]cnc34)cc(F)c21. The van der Waals surface area contributed by atoms with E-state index in [0.717, 1.165) is 6.54 Å². The van der Waals surface area contributed by atoms with Gasteiger partial charge in [0.05, 0.1) is 40.5 Å². The van der Waals surface area contributed by atoms with Gasteiger partial charge in [0.15, 0.2) is 0 Å². The number of nitrogens with one attached hydrogen (secondary N) is 1. The molecule has 4 aromatic rings. The van der Waals surface area contributed by atoms with E-state index >= 15 is 4.39 Å². The molecule has 0 saturated heterocycles. The van der Waals surface area contributed by atoms with Crippen LogP contribution in [0.15, 0.2) is 30.9 Å². The lowest BCUT2D eigenvalue weighted by molar-refractivity contribution is 0.100. The molecule has 4 rings (SSSR count). The molecule has 2 aromatic carbocycles. The highest BCUT2D eigenvalue weighted by molar-refractivity contribution is 6.13. The maximum atomic E-state index is 15.0. The minimum atomic E-state index is -0.546. The molecule has 0 aliphatic heterocycles. The zero-order chi connectivity index (χ0) is 22.3. The first kappa shape index (κ1) is 20.8. The maximum Gasteiger partial charge on any atom is 0.253 e. The highest BCUT2D eigenvalue weighted by Gasteiger charge is 2.22. The van der Waals surface area contributed by atoms with Gasteiger partial charge < -0.3 is 25.1 Å². The lowest BCUT2D eigenvalue weighted by Crippen LogP contribution is -2.30. The first-order valence-corrected chi connectivity index (χ1v) is 10.1. The van der Waals surface area contributed by atoms with Crippen molar-refractivity contribution in [1.29, 1.82) is 0 Å². The van der Waals surface area contributed by atoms with Crippen molar-refractivity contribution in [2.75, 3.05) is 39.1 Å². The standard InChI is InChI=1S/C22H26FN7O/c1-5-30-12-27-16-9-13(8-15(23)21(16)30)14-10-17(29(4)7-6-28(2)3)18(22(24)31)20-19(14)25-11-26-20/h8-12H,5-7H2,1-4H3,(H2,24,31)(H,25,26). The molecule has 2 aromatic heterocycles. The van der Waals surface area contributed by atoms with Crippen LogP contribution in [0.4, 0.5) is 10.1 Å². The minimum Gasteiger partial charge on any atom is -0.373 e. The topological polar surface area (TPSA) is 96.1 Å². The van der Waals surface area contributed by atoms with Crippen LogP contribution in [0.5, 0.6) is 0 Å². The van der Waals surface area contributed by atoms with Crippen molar-refractivity contribution in [1.82, 2.24) is 24.4 Å². The Kier molecular flexibility index (Phi) is 5.36. The number of aromatic amines is 1. The van der Waals surface area contributed by atoms with Crippen LogP contribution in [0.3, 0.4) is 0 Å². The monoisotopic (exact) mass is 423 g/mol. The number of hydrogen-bond donors (Lipinski definition) is 2. The molecule has 0 unspecified atom stereocenters. The second-order valence-corrected chi connectivity index (χ2v) is 7.89. The number of likely N-dealkylation sites (N-methyl/N-ethyl adjacent to an activating group) is 2. The molecule has 0 radical (unpaired) electrons. The summed E-state index contributed by atoms with van der Waals surface area (Å²) in [5, 5.41) is 0. The summed E-state index contributed by atoms with van der Waals surface area (Å²) in [6.07, 6.45) is 3.16. The van der Waals surface area contributed by atoms with E-state index in [1.54, 1.807) is 10.9 Å². The largest absolute Gasteiger partial charge is 0.373 e. The molecule has 0 aliphatic rings. The van der Waals surface area contributed by atoms with Crippen molar-refractivity contribution >= 4 is 33.7 Å². The first-order chi connectivity index (χ1) is 14.8. The number of rotatable bonds is 7. The molecular weight excluding hydrogens is 397 g/mol. The fraction of sp³-hybridized carbons (Fsp3) is 0.318. The van der Waals surface area contributed by atoms with E-state index in [4.69, 9.17) is 5.73 Å². The van der Waals surface area contributed by atoms with E-state index in [0.29, 0.717) is 57.5 Å². The molecule has 0 atom stereocenters. The van der Waals surface area contributed by atoms with Gasteiger partial charge in [0, 0.05) is 32.2 Å². The van der Waals surface area contributed by atoms with E-state index < -0.39 is 5.91 Å². The molecule has 0 aliphatic carbocycles. The number of anilines is 1. The predicted molar refractivity (Wildman–Crippen MR) is 121 cm³/mol. The van der Waals surface area contributed by atoms with Gasteiger partial charge in [-0.1, -0.05) is 0 Å². The second kappa shape index (κ2) is 7.99. The Morgan fingerprint density at radius 2 is 1.97 bits per heavy atom. The molecule has 8 nitrogen and oxygen atoms in total. The zero-order valence-electron chi connectivity index (χ0n) is 18.1. The van der Waals surface area contributed by atoms with Crippen LogP contribution in [0.25, 0.3) is 33.2 Å². The van der Waals surface area contributed by atoms with Crippen LogP contribution < -0.4 is 10.6 Å². The van der Waals surface area contributed by atoms with Gasteiger partial charge in [-0.05, 0) is 44.8 Å². The van der Waals surface area contributed by atoms with Crippen LogP contribution in [-0.4, -0.2) is 64.6 Å². The highest BCUT2D eigenvalue weighted by atomic mass is 19.1. The van der Waals surface area contributed by atoms with E-state index in [1.807, 2.05) is 45.1 Å². The molecule has 162 valence electrons. The summed E-state index contributed by atoms with van der Waals surface area (Å²) in [6, 6.07) is 5.20. The molecule has 3 N–H and O–H groups in total. The Morgan fingerprint density at radius 1 is 1.19 bits per heavy atom. The molecule has 0 fully saturated rings. The number of hydrogen-bond acceptors (Lipinski definition) is 5. The van der Waals surface area contributed by atoms with Gasteiger partial charge in [0.2, 0.25) is 0 Å². The molecule has 2 heterocycles. The average Bonchev–Trinajstić information content (AvgIpc) is 3.37. The van der Waals surface area contributed by atoms with Gasteiger partial charge in [-0.25, -0.2) is 14.4 Å². The van der Waals surface area contributed by atoms with Crippen LogP contribution in [0, 0.1) is 5.82 Å². The Balaban J connectivity index is 1.94. The molecule has 9 heteroatoms. The first-order valence-electron chi connectivity index (χ1n) is 10.1. The summed E-state index contributed by atoms with van der Waals surface area (Å²) in [5.74, 6) is -0.896. The third kappa shape index (κ3) is 3.61. The smallest absolute Gasteiger partial charge is 0.253 e. The molecular formula is C22H26FN7O. The number of imidazole rings is 2. The van der Waals surface area contributed by atoms with Gasteiger partial charge in [0.1, 0.15) is 11.3 Å². The van der Waals surface area contributed by atoms with Gasteiger partial charge in [-0.3, -0.25) is 4.79 Å². The molecule has 0 spiro atoms. The van der Waals surface area contributed by atoms with Gasteiger partial charge in [0.25, 0.3) is 5.91 Å². The summed E-state index contributed by atoms with van der Waals surface area (Å²) in [4.78, 5) is 28.2. The molecule has 0 saturated carbocycles. The fourth-order valence-corrected chi connectivity index (χ4v) is 3.89. The number of aryl methyl sites for hydroxylation is 1. The highest BCUT2D eigenvalue weighted by Crippen LogP contribution is 2.37. The third-order valence-electron chi connectivity index (χ3n) is 5.54. The van der Waals surface area contributed by atoms with E-state index in [9.17, 15) is 4.79 Å². The number of carbonyl (C=O) groups is 1. The number of benzene rings is 2. The number of H-pyrrole nitrogens is 1. The molecule has 31 heavy (non-hydrogen) atoms. The Morgan fingerprint density at radius 3 is 2.65 bits per heavy atom. The van der Waals surface area contributed by atoms with E-state index in [-0.39, 0.29) is 5.82 Å². The summed E-state index contributed by atoms with van der Waals surface area (Å²) >= 11 is 0. The van der Waals surface area contributed by atoms with Crippen molar-refractivity contribution in [3.8, 4) is 11.1 Å². The number of primary amides is 1. The van der Waals surface area contributed by atoms with E-state index in [1.165, 1.54) is 12.4 Å². The molecule has 1 amide bonds. The van der Waals surface area contributed by atoms with Crippen LogP contribution >= 0.6 is 0 Å². The van der Waals surface area contributed by atoms with Crippen LogP contribution in [-0.2, 0) is 6.54 Å². The van der Waals surface area contributed by atoms with Crippen molar-refractivity contribution < 1.29 is 9.18 Å². The number of nitrogens with two attached hydrogens (primary N) is 1. The summed E-state index contributed by atoms with van der Waals surface area (Å²) < 4.78 is 16.8. The number of aromatic nitrogens is 4. The van der Waals surface area contributed by atoms with Crippen LogP contribution in [0.2, 0.25) is 0 Å². The normalized spacial score (nSPS) is 11.7. The van der Waals surface area contributed by atoms with E-state index in [2.05, 4.69) is 19.9 Å². The van der Waals surface area contributed by atoms with Crippen LogP contribution in [0.1, 0.15) is 17.3 Å². The summed E-state index contributed by atoms with van der Waals surface area (Å²) in [6.45, 7) is 4.05. The predicted octanol–water partition coefficient (Wildman–Crippen LogP) is 2.84. The third-order valence-corrected chi connectivity index (χ3v) is 5.54. The minimum absolute atomic E-state index is 0.350. The lowest BCUT2D eigenvalue weighted by atomic mass is 9.98. The van der Waals surface area contributed by atoms with Gasteiger partial charge >= 0.3 is 0 Å². The zero-order valence-corrected chi connectivity index (χ0v) is 18.1. The number of halogens is 1. The van der Waals surface area contributed by atoms with Crippen molar-refractivity contribution in [2.45, 2.75) is 13.5 Å². The van der Waals surface area contributed by atoms with Gasteiger partial charge in [-0.2, -0.15) is 0 Å².